The van der Waals surface area contributed by atoms with Crippen LogP contribution in [0, 0.1) is 5.92 Å². The summed E-state index contributed by atoms with van der Waals surface area (Å²) in [6.45, 7) is 5.58. The molecule has 0 aliphatic carbocycles. The molecule has 25 heavy (non-hydrogen) atoms. The van der Waals surface area contributed by atoms with Crippen molar-refractivity contribution in [3.8, 4) is 0 Å². The molecule has 2 aromatic heterocycles. The Hall–Kier alpha value is -2.29. The molecule has 2 N–H and O–H groups in total. The molecule has 2 rings (SSSR count). The van der Waals surface area contributed by atoms with Crippen LogP contribution in [0.15, 0.2) is 21.7 Å². The number of nitrogens with zero attached hydrogens (tertiary/aromatic N) is 3. The smallest absolute Gasteiger partial charge is 0.371 e. The summed E-state index contributed by atoms with van der Waals surface area (Å²) in [7, 11) is 0. The number of carbonyl (C=O) groups is 2. The van der Waals surface area contributed by atoms with E-state index in [1.54, 1.807) is 11.8 Å². The van der Waals surface area contributed by atoms with Crippen molar-refractivity contribution in [3.63, 3.8) is 0 Å². The average molecular weight is 366 g/mol. The number of hydrogen-bond donors (Lipinski definition) is 2. The molecule has 0 atom stereocenters. The summed E-state index contributed by atoms with van der Waals surface area (Å²) in [5, 5.41) is 20.8. The number of hydrogen-bond acceptors (Lipinski definition) is 6. The van der Waals surface area contributed by atoms with E-state index in [-0.39, 0.29) is 11.5 Å². The number of nitrogens with one attached hydrogen (secondary N) is 1. The quantitative estimate of drug-likeness (QED) is 0.517. The van der Waals surface area contributed by atoms with Crippen molar-refractivity contribution in [2.75, 3.05) is 12.8 Å². The number of rotatable bonds is 9. The zero-order valence-electron chi connectivity index (χ0n) is 14.5. The number of aromatic carboxylic acids is 1. The molecular formula is C16H22N4O4S. The SMILES string of the molecule is CSc1nnc(CCCNC(=O)c2ccc(C(=O)O)o2)n1CC(C)C. The van der Waals surface area contributed by atoms with E-state index >= 15 is 0 Å². The van der Waals surface area contributed by atoms with Gasteiger partial charge in [-0.1, -0.05) is 25.6 Å². The molecule has 136 valence electrons. The lowest BCUT2D eigenvalue weighted by Crippen LogP contribution is -2.24. The molecule has 0 saturated carbocycles. The van der Waals surface area contributed by atoms with Crippen molar-refractivity contribution in [1.29, 1.82) is 0 Å². The van der Waals surface area contributed by atoms with Gasteiger partial charge in [-0.25, -0.2) is 4.79 Å². The van der Waals surface area contributed by atoms with Crippen molar-refractivity contribution in [2.45, 2.75) is 38.4 Å². The molecule has 0 aromatic carbocycles. The first kappa shape index (κ1) is 19.0. The van der Waals surface area contributed by atoms with Gasteiger partial charge in [0.2, 0.25) is 5.76 Å². The van der Waals surface area contributed by atoms with Gasteiger partial charge in [-0.05, 0) is 30.7 Å². The molecule has 9 heteroatoms. The Bertz CT molecular complexity index is 738. The number of amides is 1. The molecule has 8 nitrogen and oxygen atoms in total. The van der Waals surface area contributed by atoms with Crippen molar-refractivity contribution in [1.82, 2.24) is 20.1 Å². The first-order valence-electron chi connectivity index (χ1n) is 7.99. The zero-order valence-corrected chi connectivity index (χ0v) is 15.3. The van der Waals surface area contributed by atoms with Crippen molar-refractivity contribution in [2.24, 2.45) is 5.92 Å². The third-order valence-corrected chi connectivity index (χ3v) is 4.09. The highest BCUT2D eigenvalue weighted by molar-refractivity contribution is 7.98. The predicted molar refractivity (Wildman–Crippen MR) is 93.0 cm³/mol. The highest BCUT2D eigenvalue weighted by Gasteiger charge is 2.15. The van der Waals surface area contributed by atoms with E-state index < -0.39 is 11.9 Å². The number of aromatic nitrogens is 3. The molecule has 0 aliphatic rings. The monoisotopic (exact) mass is 366 g/mol. The summed E-state index contributed by atoms with van der Waals surface area (Å²) in [5.41, 5.74) is 0. The molecule has 0 saturated heterocycles. The molecule has 2 aromatic rings. The number of carboxylic acids is 1. The van der Waals surface area contributed by atoms with Crippen LogP contribution in [-0.2, 0) is 13.0 Å². The standard InChI is InChI=1S/C16H22N4O4S/c1-10(2)9-20-13(18-19-16(20)25-3)5-4-8-17-14(21)11-6-7-12(24-11)15(22)23/h6-7,10H,4-5,8-9H2,1-3H3,(H,17,21)(H,22,23). The van der Waals surface area contributed by atoms with Crippen LogP contribution in [0.25, 0.3) is 0 Å². The summed E-state index contributed by atoms with van der Waals surface area (Å²) in [6.07, 6.45) is 3.36. The van der Waals surface area contributed by atoms with Gasteiger partial charge < -0.3 is 19.4 Å². The Labute approximate surface area is 150 Å². The van der Waals surface area contributed by atoms with Crippen molar-refractivity contribution < 1.29 is 19.1 Å². The molecular weight excluding hydrogens is 344 g/mol. The Balaban J connectivity index is 1.85. The summed E-state index contributed by atoms with van der Waals surface area (Å²) in [4.78, 5) is 22.7. The van der Waals surface area contributed by atoms with Gasteiger partial charge in [-0.15, -0.1) is 10.2 Å². The number of furan rings is 1. The van der Waals surface area contributed by atoms with Gasteiger partial charge in [-0.2, -0.15) is 0 Å². The van der Waals surface area contributed by atoms with Crippen LogP contribution in [0.5, 0.6) is 0 Å². The number of carbonyl (C=O) groups excluding carboxylic acids is 1. The van der Waals surface area contributed by atoms with Crippen LogP contribution in [0.2, 0.25) is 0 Å². The van der Waals surface area contributed by atoms with Crippen molar-refractivity contribution in [3.05, 3.63) is 29.5 Å². The fourth-order valence-corrected chi connectivity index (χ4v) is 2.84. The van der Waals surface area contributed by atoms with E-state index in [0.717, 1.165) is 17.5 Å². The Morgan fingerprint density at radius 1 is 1.32 bits per heavy atom. The maximum Gasteiger partial charge on any atom is 0.371 e. The third kappa shape index (κ3) is 5.09. The average Bonchev–Trinajstić information content (AvgIpc) is 3.18. The number of carboxylic acid groups (broad SMARTS) is 1. The first-order chi connectivity index (χ1) is 11.9. The fourth-order valence-electron chi connectivity index (χ4n) is 2.31. The second kappa shape index (κ2) is 8.70. The van der Waals surface area contributed by atoms with Crippen LogP contribution < -0.4 is 5.32 Å². The van der Waals surface area contributed by atoms with E-state index in [2.05, 4.69) is 33.9 Å². The first-order valence-corrected chi connectivity index (χ1v) is 9.22. The van der Waals surface area contributed by atoms with Crippen LogP contribution in [0.3, 0.4) is 0 Å². The van der Waals surface area contributed by atoms with Gasteiger partial charge in [0, 0.05) is 19.5 Å². The lowest BCUT2D eigenvalue weighted by atomic mass is 10.2. The summed E-state index contributed by atoms with van der Waals surface area (Å²) >= 11 is 1.56. The van der Waals surface area contributed by atoms with Gasteiger partial charge in [0.15, 0.2) is 10.9 Å². The van der Waals surface area contributed by atoms with Crippen LogP contribution in [0.4, 0.5) is 0 Å². The predicted octanol–water partition coefficient (Wildman–Crippen LogP) is 2.31. The lowest BCUT2D eigenvalue weighted by molar-refractivity contribution is 0.0659. The minimum atomic E-state index is -1.20. The maximum absolute atomic E-state index is 11.9. The fraction of sp³-hybridized carbons (Fsp3) is 0.500. The molecule has 0 spiro atoms. The van der Waals surface area contributed by atoms with E-state index in [1.807, 2.05) is 6.26 Å². The highest BCUT2D eigenvalue weighted by atomic mass is 32.2. The van der Waals surface area contributed by atoms with Gasteiger partial charge >= 0.3 is 5.97 Å². The van der Waals surface area contributed by atoms with Gasteiger partial charge in [0.25, 0.3) is 5.91 Å². The minimum Gasteiger partial charge on any atom is -0.475 e. The summed E-state index contributed by atoms with van der Waals surface area (Å²) in [5.74, 6) is -0.503. The maximum atomic E-state index is 11.9. The molecule has 1 amide bonds. The Morgan fingerprint density at radius 3 is 2.64 bits per heavy atom. The largest absolute Gasteiger partial charge is 0.475 e. The van der Waals surface area contributed by atoms with E-state index in [4.69, 9.17) is 9.52 Å². The normalized spacial score (nSPS) is 11.0. The topological polar surface area (TPSA) is 110 Å². The third-order valence-electron chi connectivity index (χ3n) is 3.43. The minimum absolute atomic E-state index is 0.00922. The molecule has 0 fully saturated rings. The van der Waals surface area contributed by atoms with E-state index in [9.17, 15) is 9.59 Å². The second-order valence-corrected chi connectivity index (χ2v) is 6.71. The molecule has 0 radical (unpaired) electrons. The second-order valence-electron chi connectivity index (χ2n) is 5.94. The Morgan fingerprint density at radius 2 is 2.04 bits per heavy atom. The Kier molecular flexibility index (Phi) is 6.63. The highest BCUT2D eigenvalue weighted by Crippen LogP contribution is 2.16. The number of aryl methyl sites for hydroxylation is 1. The lowest BCUT2D eigenvalue weighted by Gasteiger charge is -2.11. The van der Waals surface area contributed by atoms with Crippen molar-refractivity contribution >= 4 is 23.6 Å². The molecule has 2 heterocycles. The van der Waals surface area contributed by atoms with Crippen LogP contribution in [0.1, 0.15) is 47.2 Å². The van der Waals surface area contributed by atoms with Crippen LogP contribution >= 0.6 is 11.8 Å². The molecule has 0 unspecified atom stereocenters. The molecule has 0 bridgehead atoms. The molecule has 0 aliphatic heterocycles. The van der Waals surface area contributed by atoms with Gasteiger partial charge in [0.05, 0.1) is 0 Å². The van der Waals surface area contributed by atoms with Crippen LogP contribution in [-0.4, -0.2) is 44.5 Å². The van der Waals surface area contributed by atoms with Gasteiger partial charge in [-0.3, -0.25) is 4.79 Å². The van der Waals surface area contributed by atoms with E-state index in [0.29, 0.717) is 25.3 Å². The van der Waals surface area contributed by atoms with Gasteiger partial charge in [0.1, 0.15) is 5.82 Å². The zero-order chi connectivity index (χ0) is 18.4. The summed E-state index contributed by atoms with van der Waals surface area (Å²) in [6, 6.07) is 2.61. The summed E-state index contributed by atoms with van der Waals surface area (Å²) < 4.78 is 7.08. The number of thioether (sulfide) groups is 1. The van der Waals surface area contributed by atoms with E-state index in [1.165, 1.54) is 12.1 Å².